The molecule has 0 bridgehead atoms. The Morgan fingerprint density at radius 2 is 2.03 bits per heavy atom. The molecule has 1 aromatic carbocycles. The van der Waals surface area contributed by atoms with Gasteiger partial charge in [-0.1, -0.05) is 6.42 Å². The lowest BCUT2D eigenvalue weighted by Gasteiger charge is -2.25. The third-order valence-electron chi connectivity index (χ3n) is 6.22. The third-order valence-corrected chi connectivity index (χ3v) is 6.22. The van der Waals surface area contributed by atoms with Crippen LogP contribution in [0.1, 0.15) is 37.8 Å². The lowest BCUT2D eigenvalue weighted by atomic mass is 10.0. The van der Waals surface area contributed by atoms with Crippen LogP contribution in [-0.2, 0) is 16.2 Å². The number of guanidine groups is 1. The van der Waals surface area contributed by atoms with E-state index in [2.05, 4.69) is 20.3 Å². The number of carbonyl (C=O) groups is 2. The van der Waals surface area contributed by atoms with Crippen LogP contribution in [0, 0.1) is 17.4 Å². The second kappa shape index (κ2) is 10.9. The molecule has 1 unspecified atom stereocenters. The van der Waals surface area contributed by atoms with E-state index in [1.807, 2.05) is 29.3 Å². The van der Waals surface area contributed by atoms with Gasteiger partial charge in [0.2, 0.25) is 17.8 Å². The van der Waals surface area contributed by atoms with Crippen molar-refractivity contribution in [3.05, 3.63) is 30.0 Å². The molecule has 2 aliphatic heterocycles. The van der Waals surface area contributed by atoms with E-state index < -0.39 is 5.92 Å². The summed E-state index contributed by atoms with van der Waals surface area (Å²) in [5.41, 5.74) is 2.15. The summed E-state index contributed by atoms with van der Waals surface area (Å²) in [6.45, 7) is 2.11. The van der Waals surface area contributed by atoms with Crippen molar-refractivity contribution in [3.63, 3.8) is 0 Å². The highest BCUT2D eigenvalue weighted by Gasteiger charge is 2.29. The maximum absolute atomic E-state index is 13.1. The van der Waals surface area contributed by atoms with E-state index in [0.717, 1.165) is 49.7 Å². The highest BCUT2D eigenvalue weighted by molar-refractivity contribution is 6.00. The van der Waals surface area contributed by atoms with Crippen molar-refractivity contribution in [3.8, 4) is 6.19 Å². The highest BCUT2D eigenvalue weighted by atomic mass is 16.3. The van der Waals surface area contributed by atoms with Crippen molar-refractivity contribution in [2.75, 3.05) is 26.2 Å². The first-order valence-electron chi connectivity index (χ1n) is 11.6. The summed E-state index contributed by atoms with van der Waals surface area (Å²) < 4.78 is 0. The first-order valence-corrected chi connectivity index (χ1v) is 11.6. The fourth-order valence-electron chi connectivity index (χ4n) is 4.42. The molecule has 0 radical (unpaired) electrons. The quantitative estimate of drug-likeness (QED) is 0.270. The Bertz CT molecular complexity index is 1140. The second-order valence-electron chi connectivity index (χ2n) is 8.62. The summed E-state index contributed by atoms with van der Waals surface area (Å²) in [6.07, 6.45) is 7.73. The number of likely N-dealkylation sites (tertiary alicyclic amines) is 2. The number of hydrogen-bond acceptors (Lipinski definition) is 5. The number of aromatic nitrogens is 1. The fourth-order valence-corrected chi connectivity index (χ4v) is 4.42. The zero-order valence-electron chi connectivity index (χ0n) is 19.0. The molecule has 0 saturated carbocycles. The van der Waals surface area contributed by atoms with Crippen molar-refractivity contribution in [1.82, 2.24) is 20.1 Å². The van der Waals surface area contributed by atoms with Crippen molar-refractivity contribution in [2.45, 2.75) is 38.7 Å². The molecule has 2 saturated heterocycles. The Kier molecular flexibility index (Phi) is 7.54. The van der Waals surface area contributed by atoms with Crippen molar-refractivity contribution in [2.24, 2.45) is 15.9 Å². The minimum absolute atomic E-state index is 0.00124. The number of amides is 2. The molecule has 3 heterocycles. The van der Waals surface area contributed by atoms with Crippen LogP contribution >= 0.6 is 0 Å². The van der Waals surface area contributed by atoms with Crippen LogP contribution in [0.4, 0.5) is 5.69 Å². The van der Waals surface area contributed by atoms with E-state index in [4.69, 9.17) is 5.26 Å². The van der Waals surface area contributed by atoms with Gasteiger partial charge in [-0.3, -0.25) is 14.9 Å². The predicted molar refractivity (Wildman–Crippen MR) is 128 cm³/mol. The van der Waals surface area contributed by atoms with Crippen LogP contribution in [0.2, 0.25) is 0 Å². The Hall–Kier alpha value is -3.71. The van der Waals surface area contributed by atoms with Gasteiger partial charge in [-0.25, -0.2) is 9.98 Å². The number of aliphatic imine (C=N–C) groups is 2. The van der Waals surface area contributed by atoms with Crippen LogP contribution in [0.3, 0.4) is 0 Å². The Morgan fingerprint density at radius 1 is 1.24 bits per heavy atom. The van der Waals surface area contributed by atoms with Gasteiger partial charge in [0.15, 0.2) is 6.19 Å². The van der Waals surface area contributed by atoms with Crippen molar-refractivity contribution < 1.29 is 14.7 Å². The summed E-state index contributed by atoms with van der Waals surface area (Å²) in [4.78, 5) is 41.0. The topological polar surface area (TPSA) is 137 Å². The molecule has 2 aliphatic rings. The lowest BCUT2D eigenvalue weighted by Crippen LogP contribution is -2.44. The number of aromatic amines is 1. The molecule has 2 fully saturated rings. The molecule has 1 aromatic heterocycles. The zero-order chi connectivity index (χ0) is 23.9. The van der Waals surface area contributed by atoms with E-state index in [-0.39, 0.29) is 30.9 Å². The average molecular weight is 464 g/mol. The first-order chi connectivity index (χ1) is 16.6. The molecule has 1 atom stereocenters. The van der Waals surface area contributed by atoms with E-state index in [1.165, 1.54) is 6.21 Å². The lowest BCUT2D eigenvalue weighted by molar-refractivity contribution is -0.140. The summed E-state index contributed by atoms with van der Waals surface area (Å²) in [6, 6.07) is 7.27. The minimum Gasteiger partial charge on any atom is -0.390 e. The first kappa shape index (κ1) is 23.4. The molecule has 178 valence electrons. The number of hydrogen-bond donors (Lipinski definition) is 3. The number of nitriles is 1. The largest absolute Gasteiger partial charge is 0.390 e. The molecule has 0 spiro atoms. The third kappa shape index (κ3) is 5.61. The summed E-state index contributed by atoms with van der Waals surface area (Å²) in [7, 11) is 0. The number of carbonyl (C=O) groups excluding carboxylic acids is 2. The molecule has 0 aliphatic carbocycles. The monoisotopic (exact) mass is 463 g/mol. The van der Waals surface area contributed by atoms with Gasteiger partial charge >= 0.3 is 0 Å². The van der Waals surface area contributed by atoms with Gasteiger partial charge < -0.3 is 19.9 Å². The molecule has 2 amide bonds. The normalized spacial score (nSPS) is 19.6. The SMILES string of the molecule is N#CNC(=Nc1ccc2[nH]c(CO)cc2c1)/N=C\C1CCCCN(CC(=O)N2CCCC2)C1=O. The van der Waals surface area contributed by atoms with Gasteiger partial charge in [-0.2, -0.15) is 5.26 Å². The van der Waals surface area contributed by atoms with Crippen LogP contribution in [0.15, 0.2) is 34.3 Å². The standard InChI is InChI=1S/C24H29N7O3/c25-16-27-24(29-19-6-7-21-18(11-19)12-20(15-32)28-21)26-13-17-5-1-2-10-31(23(17)34)14-22(33)30-8-3-4-9-30/h6-7,11-13,17,28,32H,1-5,8-10,14-15H2,(H,27,29)/b26-13-. The molecular weight excluding hydrogens is 434 g/mol. The van der Waals surface area contributed by atoms with E-state index in [1.54, 1.807) is 11.0 Å². The number of nitrogens with zero attached hydrogens (tertiary/aromatic N) is 5. The van der Waals surface area contributed by atoms with Gasteiger partial charge in [-0.05, 0) is 49.9 Å². The van der Waals surface area contributed by atoms with Gasteiger partial charge in [-0.15, -0.1) is 0 Å². The molecule has 10 nitrogen and oxygen atoms in total. The molecule has 10 heteroatoms. The van der Waals surface area contributed by atoms with Crippen molar-refractivity contribution in [1.29, 1.82) is 5.26 Å². The molecular formula is C24H29N7O3. The van der Waals surface area contributed by atoms with Gasteiger partial charge in [0.1, 0.15) is 0 Å². The van der Waals surface area contributed by atoms with Crippen molar-refractivity contribution >= 4 is 40.6 Å². The van der Waals surface area contributed by atoms with E-state index in [0.29, 0.717) is 24.3 Å². The maximum atomic E-state index is 13.1. The van der Waals surface area contributed by atoms with Gasteiger partial charge in [0.25, 0.3) is 0 Å². The Labute approximate surface area is 198 Å². The minimum atomic E-state index is -0.473. The number of benzene rings is 1. The average Bonchev–Trinajstić information content (AvgIpc) is 3.48. The Morgan fingerprint density at radius 3 is 2.79 bits per heavy atom. The molecule has 2 aromatic rings. The van der Waals surface area contributed by atoms with Gasteiger partial charge in [0, 0.05) is 42.4 Å². The fraction of sp³-hybridized carbons (Fsp3) is 0.458. The van der Waals surface area contributed by atoms with Gasteiger partial charge in [0.05, 0.1) is 24.8 Å². The second-order valence-corrected chi connectivity index (χ2v) is 8.62. The van der Waals surface area contributed by atoms with Crippen LogP contribution in [-0.4, -0.2) is 70.1 Å². The molecule has 3 N–H and O–H groups in total. The highest BCUT2D eigenvalue weighted by Crippen LogP contribution is 2.23. The van der Waals surface area contributed by atoms with Crippen LogP contribution in [0.25, 0.3) is 10.9 Å². The number of nitrogens with one attached hydrogen (secondary N) is 2. The smallest absolute Gasteiger partial charge is 0.242 e. The number of fused-ring (bicyclic) bond motifs is 1. The van der Waals surface area contributed by atoms with Crippen LogP contribution < -0.4 is 5.32 Å². The van der Waals surface area contributed by atoms with Crippen LogP contribution in [0.5, 0.6) is 0 Å². The zero-order valence-corrected chi connectivity index (χ0v) is 19.0. The summed E-state index contributed by atoms with van der Waals surface area (Å²) in [5.74, 6) is -0.507. The Balaban J connectivity index is 1.48. The number of aliphatic hydroxyl groups is 1. The summed E-state index contributed by atoms with van der Waals surface area (Å²) >= 11 is 0. The van der Waals surface area contributed by atoms with E-state index >= 15 is 0 Å². The summed E-state index contributed by atoms with van der Waals surface area (Å²) in [5, 5.41) is 21.8. The number of H-pyrrole nitrogens is 1. The number of aliphatic hydroxyl groups excluding tert-OH is 1. The predicted octanol–water partition coefficient (Wildman–Crippen LogP) is 2.04. The molecule has 34 heavy (non-hydrogen) atoms. The number of rotatable bonds is 5. The molecule has 4 rings (SSSR count). The van der Waals surface area contributed by atoms with E-state index in [9.17, 15) is 14.7 Å². The maximum Gasteiger partial charge on any atom is 0.242 e.